The Kier molecular flexibility index (Phi) is 4.43. The van der Waals surface area contributed by atoms with Gasteiger partial charge in [-0.05, 0) is 87.0 Å². The second kappa shape index (κ2) is 8.35. The lowest BCUT2D eigenvalue weighted by atomic mass is 9.70. The number of benzene rings is 6. The Bertz CT molecular complexity index is 2660. The zero-order valence-electron chi connectivity index (χ0n) is 24.2. The van der Waals surface area contributed by atoms with E-state index in [2.05, 4.69) is 144 Å². The third-order valence-corrected chi connectivity index (χ3v) is 11.4. The predicted molar refractivity (Wildman–Crippen MR) is 188 cm³/mol. The zero-order chi connectivity index (χ0) is 29.3. The van der Waals surface area contributed by atoms with Crippen molar-refractivity contribution >= 4 is 53.4 Å². The van der Waals surface area contributed by atoms with Crippen LogP contribution in [0.3, 0.4) is 0 Å². The second-order valence-electron chi connectivity index (χ2n) is 12.3. The molecule has 0 fully saturated rings. The van der Waals surface area contributed by atoms with Gasteiger partial charge in [0.15, 0.2) is 0 Å². The average molecular weight is 589 g/mol. The molecule has 208 valence electrons. The first-order valence-electron chi connectivity index (χ1n) is 15.5. The molecule has 3 heterocycles. The standard InChI is InChI=1S/C42H24N2S/c1-5-14-32-26(10-1)27-11-2-6-15-33(27)42(32)34-16-7-3-12-28(34)29-20-19-25(24-35(29)42)44-36-17-9-23-43-40(36)31-21-22-38-39(41(31)44)30-13-4-8-18-37(30)45-38/h1-24H. The van der Waals surface area contributed by atoms with Gasteiger partial charge in [-0.2, -0.15) is 0 Å². The van der Waals surface area contributed by atoms with Gasteiger partial charge in [-0.1, -0.05) is 97.1 Å². The number of hydrogen-bond acceptors (Lipinski definition) is 2. The summed E-state index contributed by atoms with van der Waals surface area (Å²) >= 11 is 1.87. The van der Waals surface area contributed by atoms with Crippen molar-refractivity contribution in [2.75, 3.05) is 0 Å². The molecule has 1 spiro atoms. The highest BCUT2D eigenvalue weighted by molar-refractivity contribution is 7.26. The average Bonchev–Trinajstić information content (AvgIpc) is 3.81. The molecule has 2 aliphatic rings. The molecule has 0 unspecified atom stereocenters. The first-order valence-corrected chi connectivity index (χ1v) is 16.3. The van der Waals surface area contributed by atoms with Crippen LogP contribution in [0.15, 0.2) is 146 Å². The molecule has 11 rings (SSSR count). The third kappa shape index (κ3) is 2.79. The van der Waals surface area contributed by atoms with Crippen LogP contribution in [0.4, 0.5) is 0 Å². The van der Waals surface area contributed by atoms with Gasteiger partial charge >= 0.3 is 0 Å². The number of rotatable bonds is 1. The molecule has 0 bridgehead atoms. The van der Waals surface area contributed by atoms with Crippen LogP contribution in [-0.4, -0.2) is 9.55 Å². The number of aromatic nitrogens is 2. The van der Waals surface area contributed by atoms with Crippen LogP contribution < -0.4 is 0 Å². The molecular weight excluding hydrogens is 565 g/mol. The van der Waals surface area contributed by atoms with Crippen LogP contribution in [0.1, 0.15) is 22.3 Å². The third-order valence-electron chi connectivity index (χ3n) is 10.3. The summed E-state index contributed by atoms with van der Waals surface area (Å²) in [6.45, 7) is 0. The van der Waals surface area contributed by atoms with Gasteiger partial charge in [0.05, 0.1) is 22.0 Å². The Labute approximate surface area is 263 Å². The van der Waals surface area contributed by atoms with Crippen molar-refractivity contribution in [1.82, 2.24) is 9.55 Å². The summed E-state index contributed by atoms with van der Waals surface area (Å²) in [6.07, 6.45) is 1.92. The van der Waals surface area contributed by atoms with Crippen molar-refractivity contribution in [3.05, 3.63) is 168 Å². The fraction of sp³-hybridized carbons (Fsp3) is 0.0238. The van der Waals surface area contributed by atoms with E-state index in [1.807, 2.05) is 17.5 Å². The summed E-state index contributed by atoms with van der Waals surface area (Å²) < 4.78 is 5.09. The molecule has 3 aromatic heterocycles. The van der Waals surface area contributed by atoms with E-state index in [0.717, 1.165) is 11.0 Å². The Balaban J connectivity index is 1.31. The van der Waals surface area contributed by atoms with Crippen molar-refractivity contribution in [2.24, 2.45) is 0 Å². The lowest BCUT2D eigenvalue weighted by molar-refractivity contribution is 0.792. The SMILES string of the molecule is c1ccc2c(c1)-c1ccccc1C21c2ccccc2-c2ccc(-n3c4cccnc4c4ccc5sc6ccccc6c5c43)cc21. The van der Waals surface area contributed by atoms with Gasteiger partial charge in [0.25, 0.3) is 0 Å². The molecule has 0 radical (unpaired) electrons. The van der Waals surface area contributed by atoms with Gasteiger partial charge < -0.3 is 4.57 Å². The van der Waals surface area contributed by atoms with Gasteiger partial charge in [-0.3, -0.25) is 4.98 Å². The maximum absolute atomic E-state index is 4.94. The molecule has 6 aromatic carbocycles. The summed E-state index contributed by atoms with van der Waals surface area (Å²) in [7, 11) is 0. The molecule has 2 nitrogen and oxygen atoms in total. The first-order chi connectivity index (χ1) is 22.3. The van der Waals surface area contributed by atoms with E-state index in [9.17, 15) is 0 Å². The minimum atomic E-state index is -0.378. The summed E-state index contributed by atoms with van der Waals surface area (Å²) in [5, 5.41) is 3.80. The summed E-state index contributed by atoms with van der Waals surface area (Å²) in [6, 6.07) is 51.9. The van der Waals surface area contributed by atoms with Crippen molar-refractivity contribution in [1.29, 1.82) is 0 Å². The smallest absolute Gasteiger partial charge is 0.0963 e. The fourth-order valence-corrected chi connectivity index (χ4v) is 9.73. The number of hydrogen-bond donors (Lipinski definition) is 0. The van der Waals surface area contributed by atoms with E-state index in [0.29, 0.717) is 0 Å². The summed E-state index contributed by atoms with van der Waals surface area (Å²) in [5.74, 6) is 0. The van der Waals surface area contributed by atoms with E-state index in [1.54, 1.807) is 0 Å². The largest absolute Gasteiger partial charge is 0.307 e. The van der Waals surface area contributed by atoms with Gasteiger partial charge in [-0.15, -0.1) is 11.3 Å². The van der Waals surface area contributed by atoms with E-state index in [-0.39, 0.29) is 5.41 Å². The predicted octanol–water partition coefficient (Wildman–Crippen LogP) is 10.9. The number of pyridine rings is 1. The Morgan fingerprint density at radius 2 is 1.16 bits per heavy atom. The highest BCUT2D eigenvalue weighted by atomic mass is 32.1. The first kappa shape index (κ1) is 23.9. The van der Waals surface area contributed by atoms with Gasteiger partial charge in [-0.25, -0.2) is 0 Å². The highest BCUT2D eigenvalue weighted by Crippen LogP contribution is 2.63. The maximum atomic E-state index is 4.94. The molecule has 9 aromatic rings. The van der Waals surface area contributed by atoms with Crippen LogP contribution >= 0.6 is 11.3 Å². The quantitative estimate of drug-likeness (QED) is 0.187. The molecule has 2 aliphatic carbocycles. The van der Waals surface area contributed by atoms with Crippen LogP contribution in [0.5, 0.6) is 0 Å². The minimum absolute atomic E-state index is 0.378. The van der Waals surface area contributed by atoms with E-state index in [4.69, 9.17) is 4.98 Å². The number of thiophene rings is 1. The van der Waals surface area contributed by atoms with Crippen molar-refractivity contribution < 1.29 is 0 Å². The highest BCUT2D eigenvalue weighted by Gasteiger charge is 2.51. The Hall–Kier alpha value is -5.51. The van der Waals surface area contributed by atoms with Crippen LogP contribution in [0.2, 0.25) is 0 Å². The summed E-state index contributed by atoms with van der Waals surface area (Å²) in [4.78, 5) is 4.94. The molecule has 45 heavy (non-hydrogen) atoms. The van der Waals surface area contributed by atoms with E-state index in [1.165, 1.54) is 81.3 Å². The number of fused-ring (bicyclic) bond motifs is 17. The van der Waals surface area contributed by atoms with E-state index < -0.39 is 0 Å². The van der Waals surface area contributed by atoms with Crippen LogP contribution in [0.25, 0.3) is 70.0 Å². The normalized spacial score (nSPS) is 14.0. The molecule has 0 amide bonds. The lowest BCUT2D eigenvalue weighted by Crippen LogP contribution is -2.26. The topological polar surface area (TPSA) is 17.8 Å². The molecule has 0 saturated heterocycles. The van der Waals surface area contributed by atoms with Crippen LogP contribution in [0, 0.1) is 0 Å². The van der Waals surface area contributed by atoms with Crippen molar-refractivity contribution in [3.63, 3.8) is 0 Å². The van der Waals surface area contributed by atoms with Crippen LogP contribution in [-0.2, 0) is 5.41 Å². The Morgan fingerprint density at radius 1 is 0.511 bits per heavy atom. The van der Waals surface area contributed by atoms with Gasteiger partial charge in [0, 0.05) is 37.4 Å². The zero-order valence-corrected chi connectivity index (χ0v) is 25.0. The molecule has 0 aliphatic heterocycles. The number of nitrogens with zero attached hydrogens (tertiary/aromatic N) is 2. The van der Waals surface area contributed by atoms with Crippen molar-refractivity contribution in [3.8, 4) is 27.9 Å². The van der Waals surface area contributed by atoms with Gasteiger partial charge in [0.2, 0.25) is 0 Å². The maximum Gasteiger partial charge on any atom is 0.0963 e. The monoisotopic (exact) mass is 588 g/mol. The molecule has 3 heteroatoms. The Morgan fingerprint density at radius 3 is 1.89 bits per heavy atom. The fourth-order valence-electron chi connectivity index (χ4n) is 8.62. The van der Waals surface area contributed by atoms with E-state index >= 15 is 0 Å². The van der Waals surface area contributed by atoms with Crippen molar-refractivity contribution in [2.45, 2.75) is 5.41 Å². The molecule has 0 N–H and O–H groups in total. The second-order valence-corrected chi connectivity index (χ2v) is 13.3. The minimum Gasteiger partial charge on any atom is -0.307 e. The summed E-state index contributed by atoms with van der Waals surface area (Å²) in [5.41, 5.74) is 14.9. The van der Waals surface area contributed by atoms with Gasteiger partial charge in [0.1, 0.15) is 0 Å². The lowest BCUT2D eigenvalue weighted by Gasteiger charge is -2.30. The molecule has 0 saturated carbocycles. The molecule has 0 atom stereocenters. The molecular formula is C42H24N2S.